The molecule has 0 spiro atoms. The fourth-order valence-corrected chi connectivity index (χ4v) is 2.66. The van der Waals surface area contributed by atoms with E-state index in [0.29, 0.717) is 30.2 Å². The molecular formula is C14H20ClN3O2. The van der Waals surface area contributed by atoms with E-state index in [4.69, 9.17) is 22.1 Å². The third-order valence-corrected chi connectivity index (χ3v) is 4.22. The summed E-state index contributed by atoms with van der Waals surface area (Å²) in [6, 6.07) is 1.60. The number of halogens is 1. The largest absolute Gasteiger partial charge is 0.383 e. The number of hydrogen-bond donors (Lipinski definition) is 1. The monoisotopic (exact) mass is 297 g/mol. The van der Waals surface area contributed by atoms with Crippen LogP contribution in [0, 0.1) is 0 Å². The number of carbonyl (C=O) groups excluding carboxylic acids is 1. The molecule has 1 fully saturated rings. The van der Waals surface area contributed by atoms with E-state index in [-0.39, 0.29) is 11.6 Å². The van der Waals surface area contributed by atoms with Crippen LogP contribution in [-0.4, -0.2) is 47.5 Å². The molecule has 0 aromatic carbocycles. The average Bonchev–Trinajstić information content (AvgIpc) is 2.49. The van der Waals surface area contributed by atoms with Crippen LogP contribution in [0.3, 0.4) is 0 Å². The predicted octanol–water partition coefficient (Wildman–Crippen LogP) is 2.00. The molecule has 20 heavy (non-hydrogen) atoms. The van der Waals surface area contributed by atoms with Crippen LogP contribution < -0.4 is 5.73 Å². The Bertz CT molecular complexity index is 503. The van der Waals surface area contributed by atoms with Gasteiger partial charge in [0.2, 0.25) is 0 Å². The molecule has 1 atom stereocenters. The molecule has 0 bridgehead atoms. The number of nitrogens with zero attached hydrogens (tertiary/aromatic N) is 2. The number of morpholine rings is 1. The zero-order chi connectivity index (χ0) is 14.8. The van der Waals surface area contributed by atoms with Crippen molar-refractivity contribution < 1.29 is 9.53 Å². The van der Waals surface area contributed by atoms with E-state index in [9.17, 15) is 4.79 Å². The lowest BCUT2D eigenvalue weighted by molar-refractivity contribution is -0.0106. The van der Waals surface area contributed by atoms with Crippen molar-refractivity contribution in [3.05, 3.63) is 22.8 Å². The Balaban J connectivity index is 2.34. The minimum absolute atomic E-state index is 0.0330. The van der Waals surface area contributed by atoms with Gasteiger partial charge in [0.05, 0.1) is 29.3 Å². The minimum Gasteiger partial charge on any atom is -0.383 e. The van der Waals surface area contributed by atoms with Crippen LogP contribution in [0.5, 0.6) is 0 Å². The number of nitrogen functional groups attached to an aromatic ring is 1. The van der Waals surface area contributed by atoms with Crippen LogP contribution >= 0.6 is 11.6 Å². The predicted molar refractivity (Wildman–Crippen MR) is 79.1 cm³/mol. The molecule has 6 heteroatoms. The standard InChI is InChI=1S/C14H20ClN3O2/c1-3-14(2,18-4-6-20-7-5-18)12(19)11-8-10(15)9-17-13(11)16/h8-9H,3-7H2,1-2H3,(H2,16,17). The molecule has 2 heterocycles. The minimum atomic E-state index is -0.607. The van der Waals surface area contributed by atoms with Crippen LogP contribution in [0.1, 0.15) is 30.6 Å². The molecule has 0 saturated carbocycles. The average molecular weight is 298 g/mol. The normalized spacial score (nSPS) is 19.6. The summed E-state index contributed by atoms with van der Waals surface area (Å²) >= 11 is 5.94. The van der Waals surface area contributed by atoms with Gasteiger partial charge >= 0.3 is 0 Å². The zero-order valence-electron chi connectivity index (χ0n) is 11.9. The van der Waals surface area contributed by atoms with Gasteiger partial charge in [-0.3, -0.25) is 9.69 Å². The van der Waals surface area contributed by atoms with Crippen molar-refractivity contribution in [1.82, 2.24) is 9.88 Å². The van der Waals surface area contributed by atoms with Gasteiger partial charge in [-0.05, 0) is 19.4 Å². The summed E-state index contributed by atoms with van der Waals surface area (Å²) in [4.78, 5) is 19.0. The summed E-state index contributed by atoms with van der Waals surface area (Å²) in [5.74, 6) is 0.196. The smallest absolute Gasteiger partial charge is 0.186 e. The third kappa shape index (κ3) is 2.80. The van der Waals surface area contributed by atoms with E-state index in [2.05, 4.69) is 9.88 Å². The van der Waals surface area contributed by atoms with Crippen molar-refractivity contribution in [1.29, 1.82) is 0 Å². The number of Topliss-reactive ketones (excluding diaryl/α,β-unsaturated/α-hetero) is 1. The fraction of sp³-hybridized carbons (Fsp3) is 0.571. The second-order valence-corrected chi connectivity index (χ2v) is 5.58. The number of nitrogens with two attached hydrogens (primary N) is 1. The van der Waals surface area contributed by atoms with Crippen LogP contribution in [0.15, 0.2) is 12.3 Å². The Morgan fingerprint density at radius 2 is 2.20 bits per heavy atom. The Morgan fingerprint density at radius 3 is 2.80 bits per heavy atom. The Labute approximate surface area is 124 Å². The van der Waals surface area contributed by atoms with E-state index in [1.165, 1.54) is 6.20 Å². The van der Waals surface area contributed by atoms with E-state index >= 15 is 0 Å². The van der Waals surface area contributed by atoms with Gasteiger partial charge in [0.15, 0.2) is 5.78 Å². The van der Waals surface area contributed by atoms with Crippen molar-refractivity contribution in [2.45, 2.75) is 25.8 Å². The molecular weight excluding hydrogens is 278 g/mol. The second kappa shape index (κ2) is 6.08. The SMILES string of the molecule is CCC(C)(C(=O)c1cc(Cl)cnc1N)N1CCOCC1. The number of pyridine rings is 1. The molecule has 1 aliphatic heterocycles. The maximum Gasteiger partial charge on any atom is 0.186 e. The first-order valence-electron chi connectivity index (χ1n) is 6.77. The van der Waals surface area contributed by atoms with E-state index < -0.39 is 5.54 Å². The number of ketones is 1. The number of rotatable bonds is 4. The highest BCUT2D eigenvalue weighted by Gasteiger charge is 2.39. The first-order chi connectivity index (χ1) is 9.49. The molecule has 2 rings (SSSR count). The molecule has 5 nitrogen and oxygen atoms in total. The van der Waals surface area contributed by atoms with Crippen molar-refractivity contribution in [2.24, 2.45) is 0 Å². The van der Waals surface area contributed by atoms with Gasteiger partial charge in [0, 0.05) is 19.3 Å². The van der Waals surface area contributed by atoms with Crippen LogP contribution in [0.2, 0.25) is 5.02 Å². The molecule has 1 aromatic heterocycles. The number of ether oxygens (including phenoxy) is 1. The lowest BCUT2D eigenvalue weighted by atomic mass is 9.86. The molecule has 1 unspecified atom stereocenters. The quantitative estimate of drug-likeness (QED) is 0.861. The Hall–Kier alpha value is -1.17. The molecule has 2 N–H and O–H groups in total. The summed E-state index contributed by atoms with van der Waals surface area (Å²) in [5, 5.41) is 0.419. The molecule has 1 aromatic rings. The van der Waals surface area contributed by atoms with Crippen molar-refractivity contribution in [3.8, 4) is 0 Å². The number of hydrogen-bond acceptors (Lipinski definition) is 5. The van der Waals surface area contributed by atoms with E-state index in [0.717, 1.165) is 13.1 Å². The molecule has 1 aliphatic rings. The first kappa shape index (κ1) is 15.2. The van der Waals surface area contributed by atoms with Gasteiger partial charge in [-0.25, -0.2) is 4.98 Å². The van der Waals surface area contributed by atoms with Gasteiger partial charge in [0.25, 0.3) is 0 Å². The van der Waals surface area contributed by atoms with Crippen molar-refractivity contribution in [2.75, 3.05) is 32.0 Å². The summed E-state index contributed by atoms with van der Waals surface area (Å²) < 4.78 is 5.36. The Morgan fingerprint density at radius 1 is 1.55 bits per heavy atom. The summed E-state index contributed by atoms with van der Waals surface area (Å²) in [7, 11) is 0. The highest BCUT2D eigenvalue weighted by Crippen LogP contribution is 2.28. The second-order valence-electron chi connectivity index (χ2n) is 5.14. The lowest BCUT2D eigenvalue weighted by Gasteiger charge is -2.41. The molecule has 0 radical (unpaired) electrons. The van der Waals surface area contributed by atoms with Gasteiger partial charge in [0.1, 0.15) is 5.82 Å². The van der Waals surface area contributed by atoms with Gasteiger partial charge < -0.3 is 10.5 Å². The van der Waals surface area contributed by atoms with E-state index in [1.807, 2.05) is 13.8 Å². The summed E-state index contributed by atoms with van der Waals surface area (Å²) in [5.41, 5.74) is 5.63. The van der Waals surface area contributed by atoms with Crippen molar-refractivity contribution in [3.63, 3.8) is 0 Å². The van der Waals surface area contributed by atoms with Gasteiger partial charge in [-0.2, -0.15) is 0 Å². The molecule has 110 valence electrons. The summed E-state index contributed by atoms with van der Waals surface area (Å²) in [6.07, 6.45) is 2.14. The fourth-order valence-electron chi connectivity index (χ4n) is 2.51. The molecule has 0 amide bonds. The van der Waals surface area contributed by atoms with E-state index in [1.54, 1.807) is 6.07 Å². The highest BCUT2D eigenvalue weighted by atomic mass is 35.5. The first-order valence-corrected chi connectivity index (χ1v) is 7.15. The number of anilines is 1. The number of aromatic nitrogens is 1. The topological polar surface area (TPSA) is 68.5 Å². The van der Waals surface area contributed by atoms with Gasteiger partial charge in [-0.15, -0.1) is 0 Å². The van der Waals surface area contributed by atoms with Crippen LogP contribution in [0.25, 0.3) is 0 Å². The highest BCUT2D eigenvalue weighted by molar-refractivity contribution is 6.31. The maximum absolute atomic E-state index is 12.9. The zero-order valence-corrected chi connectivity index (χ0v) is 12.6. The van der Waals surface area contributed by atoms with Gasteiger partial charge in [-0.1, -0.05) is 18.5 Å². The van der Waals surface area contributed by atoms with Crippen LogP contribution in [0.4, 0.5) is 5.82 Å². The Kier molecular flexibility index (Phi) is 4.62. The summed E-state index contributed by atoms with van der Waals surface area (Å²) in [6.45, 7) is 6.72. The lowest BCUT2D eigenvalue weighted by Crippen LogP contribution is -2.56. The number of carbonyl (C=O) groups is 1. The molecule has 1 saturated heterocycles. The van der Waals surface area contributed by atoms with Crippen LogP contribution in [-0.2, 0) is 4.74 Å². The maximum atomic E-state index is 12.9. The third-order valence-electron chi connectivity index (χ3n) is 4.02. The van der Waals surface area contributed by atoms with Crippen molar-refractivity contribution >= 4 is 23.2 Å². The molecule has 0 aliphatic carbocycles.